The van der Waals surface area contributed by atoms with Crippen molar-refractivity contribution in [2.24, 2.45) is 0 Å². The Morgan fingerprint density at radius 2 is 1.71 bits per heavy atom. The molecule has 0 amide bonds. The van der Waals surface area contributed by atoms with E-state index in [-0.39, 0.29) is 0 Å². The molecule has 4 heteroatoms. The zero-order chi connectivity index (χ0) is 15.4. The van der Waals surface area contributed by atoms with Gasteiger partial charge >= 0.3 is 0 Å². The fourth-order valence-corrected chi connectivity index (χ4v) is 2.75. The lowest BCUT2D eigenvalue weighted by Crippen LogP contribution is -2.04. The first-order chi connectivity index (χ1) is 10.0. The molecule has 2 rings (SSSR count). The van der Waals surface area contributed by atoms with Crippen molar-refractivity contribution in [1.82, 2.24) is 0 Å². The van der Waals surface area contributed by atoms with E-state index in [0.29, 0.717) is 6.42 Å². The van der Waals surface area contributed by atoms with Crippen molar-refractivity contribution in [3.05, 3.63) is 57.6 Å². The van der Waals surface area contributed by atoms with E-state index in [4.69, 9.17) is 9.47 Å². The summed E-state index contributed by atoms with van der Waals surface area (Å²) in [5.41, 5.74) is 2.85. The molecule has 0 aliphatic rings. The normalized spacial score (nSPS) is 12.0. The van der Waals surface area contributed by atoms with Crippen molar-refractivity contribution in [2.75, 3.05) is 14.2 Å². The average molecular weight is 351 g/mol. The van der Waals surface area contributed by atoms with Gasteiger partial charge in [0.15, 0.2) is 0 Å². The van der Waals surface area contributed by atoms with Gasteiger partial charge in [0, 0.05) is 10.9 Å². The molecule has 0 radical (unpaired) electrons. The van der Waals surface area contributed by atoms with Crippen molar-refractivity contribution in [3.8, 4) is 11.5 Å². The fraction of sp³-hybridized carbons (Fsp3) is 0.294. The molecule has 3 nitrogen and oxygen atoms in total. The van der Waals surface area contributed by atoms with Crippen LogP contribution in [0.1, 0.15) is 22.8 Å². The predicted octanol–water partition coefficient (Wildman–Crippen LogP) is 4.05. The van der Waals surface area contributed by atoms with E-state index in [1.807, 2.05) is 43.3 Å². The van der Waals surface area contributed by atoms with Crippen LogP contribution >= 0.6 is 15.9 Å². The van der Waals surface area contributed by atoms with Crippen molar-refractivity contribution in [3.63, 3.8) is 0 Å². The van der Waals surface area contributed by atoms with Crippen LogP contribution < -0.4 is 9.47 Å². The number of methoxy groups -OCH3 is 2. The topological polar surface area (TPSA) is 38.7 Å². The van der Waals surface area contributed by atoms with Gasteiger partial charge in [0.05, 0.1) is 20.3 Å². The van der Waals surface area contributed by atoms with Gasteiger partial charge in [0.1, 0.15) is 11.5 Å². The number of hydrogen-bond acceptors (Lipinski definition) is 3. The van der Waals surface area contributed by atoms with Gasteiger partial charge < -0.3 is 14.6 Å². The molecule has 0 heterocycles. The molecule has 0 saturated carbocycles. The van der Waals surface area contributed by atoms with Crippen LogP contribution in [0.5, 0.6) is 11.5 Å². The molecule has 21 heavy (non-hydrogen) atoms. The second-order valence-corrected chi connectivity index (χ2v) is 5.82. The fourth-order valence-electron chi connectivity index (χ4n) is 2.34. The minimum absolute atomic E-state index is 0.494. The van der Waals surface area contributed by atoms with Gasteiger partial charge in [0.2, 0.25) is 0 Å². The molecule has 0 spiro atoms. The lowest BCUT2D eigenvalue weighted by Gasteiger charge is -2.15. The zero-order valence-electron chi connectivity index (χ0n) is 12.4. The van der Waals surface area contributed by atoms with Crippen molar-refractivity contribution >= 4 is 15.9 Å². The third-order valence-corrected chi connectivity index (χ3v) is 3.95. The number of rotatable bonds is 5. The Morgan fingerprint density at radius 3 is 2.33 bits per heavy atom. The van der Waals surface area contributed by atoms with Crippen molar-refractivity contribution < 1.29 is 14.6 Å². The van der Waals surface area contributed by atoms with E-state index in [1.54, 1.807) is 14.2 Å². The Labute approximate surface area is 133 Å². The zero-order valence-corrected chi connectivity index (χ0v) is 14.0. The highest BCUT2D eigenvalue weighted by atomic mass is 79.9. The van der Waals surface area contributed by atoms with E-state index < -0.39 is 6.10 Å². The van der Waals surface area contributed by atoms with Crippen LogP contribution in [-0.2, 0) is 6.42 Å². The summed E-state index contributed by atoms with van der Waals surface area (Å²) in [6.45, 7) is 1.97. The lowest BCUT2D eigenvalue weighted by molar-refractivity contribution is 0.177. The Balaban J connectivity index is 2.23. The predicted molar refractivity (Wildman–Crippen MR) is 87.1 cm³/mol. The molecule has 0 aliphatic heterocycles. The van der Waals surface area contributed by atoms with Crippen LogP contribution in [0, 0.1) is 6.92 Å². The maximum absolute atomic E-state index is 10.5. The summed E-state index contributed by atoms with van der Waals surface area (Å²) < 4.78 is 11.6. The first-order valence-electron chi connectivity index (χ1n) is 6.70. The second-order valence-electron chi connectivity index (χ2n) is 4.91. The van der Waals surface area contributed by atoms with Crippen LogP contribution in [-0.4, -0.2) is 19.3 Å². The van der Waals surface area contributed by atoms with Gasteiger partial charge in [-0.3, -0.25) is 0 Å². The molecule has 0 saturated heterocycles. The number of aliphatic hydroxyl groups is 1. The first-order valence-corrected chi connectivity index (χ1v) is 7.49. The van der Waals surface area contributed by atoms with Crippen molar-refractivity contribution in [2.45, 2.75) is 19.4 Å². The highest BCUT2D eigenvalue weighted by Crippen LogP contribution is 2.29. The monoisotopic (exact) mass is 350 g/mol. The Kier molecular flexibility index (Phi) is 5.26. The van der Waals surface area contributed by atoms with E-state index in [1.165, 1.54) is 0 Å². The van der Waals surface area contributed by atoms with Crippen LogP contribution in [0.4, 0.5) is 0 Å². The molecule has 1 atom stereocenters. The third-order valence-electron chi connectivity index (χ3n) is 3.46. The molecular formula is C17H19BrO3. The number of aliphatic hydroxyl groups excluding tert-OH is 1. The minimum atomic E-state index is -0.585. The van der Waals surface area contributed by atoms with Crippen molar-refractivity contribution in [1.29, 1.82) is 0 Å². The molecule has 2 aromatic carbocycles. The number of benzene rings is 2. The summed E-state index contributed by atoms with van der Waals surface area (Å²) in [6.07, 6.45) is -0.0909. The summed E-state index contributed by atoms with van der Waals surface area (Å²) in [6, 6.07) is 11.5. The standard InChI is InChI=1S/C17H19BrO3/c1-11-8-12(4-6-16(11)20-2)15(19)10-13-9-14(18)5-7-17(13)21-3/h4-9,15,19H,10H2,1-3H3. The number of hydrogen-bond donors (Lipinski definition) is 1. The highest BCUT2D eigenvalue weighted by Gasteiger charge is 2.13. The van der Waals surface area contributed by atoms with Crippen LogP contribution in [0.15, 0.2) is 40.9 Å². The summed E-state index contributed by atoms with van der Waals surface area (Å²) in [4.78, 5) is 0. The van der Waals surface area contributed by atoms with E-state index in [0.717, 1.165) is 32.7 Å². The molecule has 1 unspecified atom stereocenters. The summed E-state index contributed by atoms with van der Waals surface area (Å²) in [7, 11) is 3.28. The average Bonchev–Trinajstić information content (AvgIpc) is 2.47. The second kappa shape index (κ2) is 6.96. The molecule has 0 bridgehead atoms. The quantitative estimate of drug-likeness (QED) is 0.883. The van der Waals surface area contributed by atoms with Gasteiger partial charge in [0.25, 0.3) is 0 Å². The van der Waals surface area contributed by atoms with Gasteiger partial charge in [-0.2, -0.15) is 0 Å². The Bertz CT molecular complexity index is 625. The Morgan fingerprint density at radius 1 is 1.05 bits per heavy atom. The van der Waals surface area contributed by atoms with Gasteiger partial charge in [-0.1, -0.05) is 22.0 Å². The van der Waals surface area contributed by atoms with Gasteiger partial charge in [-0.15, -0.1) is 0 Å². The summed E-state index contributed by atoms with van der Waals surface area (Å²) in [5.74, 6) is 1.61. The first kappa shape index (κ1) is 15.9. The third kappa shape index (κ3) is 3.77. The van der Waals surface area contributed by atoms with Gasteiger partial charge in [-0.05, 0) is 53.9 Å². The summed E-state index contributed by atoms with van der Waals surface area (Å²) in [5, 5.41) is 10.5. The maximum atomic E-state index is 10.5. The lowest BCUT2D eigenvalue weighted by atomic mass is 9.99. The van der Waals surface area contributed by atoms with Crippen LogP contribution in [0.2, 0.25) is 0 Å². The number of aryl methyl sites for hydroxylation is 1. The number of ether oxygens (including phenoxy) is 2. The largest absolute Gasteiger partial charge is 0.496 e. The Hall–Kier alpha value is -1.52. The molecule has 0 aliphatic carbocycles. The molecule has 2 aromatic rings. The van der Waals surface area contributed by atoms with E-state index in [2.05, 4.69) is 15.9 Å². The molecule has 0 fully saturated rings. The molecule has 0 aromatic heterocycles. The number of halogens is 1. The smallest absolute Gasteiger partial charge is 0.122 e. The molecule has 112 valence electrons. The van der Waals surface area contributed by atoms with Crippen LogP contribution in [0.3, 0.4) is 0 Å². The SMILES string of the molecule is COc1ccc(C(O)Cc2cc(Br)ccc2OC)cc1C. The molecule has 1 N–H and O–H groups in total. The van der Waals surface area contributed by atoms with Gasteiger partial charge in [-0.25, -0.2) is 0 Å². The van der Waals surface area contributed by atoms with E-state index in [9.17, 15) is 5.11 Å². The molecular weight excluding hydrogens is 332 g/mol. The highest BCUT2D eigenvalue weighted by molar-refractivity contribution is 9.10. The maximum Gasteiger partial charge on any atom is 0.122 e. The summed E-state index contributed by atoms with van der Waals surface area (Å²) >= 11 is 3.45. The minimum Gasteiger partial charge on any atom is -0.496 e. The van der Waals surface area contributed by atoms with Crippen LogP contribution in [0.25, 0.3) is 0 Å². The van der Waals surface area contributed by atoms with E-state index >= 15 is 0 Å².